The summed E-state index contributed by atoms with van der Waals surface area (Å²) in [4.78, 5) is 27.8. The van der Waals surface area contributed by atoms with Crippen molar-refractivity contribution < 1.29 is 18.4 Å². The molecule has 0 aliphatic carbocycles. The van der Waals surface area contributed by atoms with Crippen LogP contribution in [-0.4, -0.2) is 23.3 Å². The number of nitrogens with zero attached hydrogens (tertiary/aromatic N) is 1. The molecular weight excluding hydrogens is 434 g/mol. The lowest BCUT2D eigenvalue weighted by atomic mass is 9.95. The van der Waals surface area contributed by atoms with E-state index in [2.05, 4.69) is 5.32 Å². The summed E-state index contributed by atoms with van der Waals surface area (Å²) in [5.41, 5.74) is 3.76. The number of rotatable bonds is 3. The summed E-state index contributed by atoms with van der Waals surface area (Å²) >= 11 is 0. The van der Waals surface area contributed by atoms with Crippen molar-refractivity contribution in [2.75, 3.05) is 11.9 Å². The number of benzene rings is 4. The standard InChI is InChI=1S/C28H20F2N2O2/c29-22-12-10-20(11-13-22)27-24-16-23(30)14-15-25(24)31-26(33)17-32(27)28(34)21-8-6-19(7-9-21)18-4-2-1-3-5-18/h1-16,27H,17H2,(H,31,33)/t27-/m1/s1. The smallest absolute Gasteiger partial charge is 0.255 e. The van der Waals surface area contributed by atoms with Gasteiger partial charge in [0.25, 0.3) is 5.91 Å². The third-order valence-corrected chi connectivity index (χ3v) is 5.89. The van der Waals surface area contributed by atoms with Gasteiger partial charge in [0, 0.05) is 16.8 Å². The number of carbonyl (C=O) groups is 2. The van der Waals surface area contributed by atoms with Crippen LogP contribution in [0.15, 0.2) is 97.1 Å². The van der Waals surface area contributed by atoms with Crippen molar-refractivity contribution in [3.8, 4) is 11.1 Å². The molecule has 0 bridgehead atoms. The third-order valence-electron chi connectivity index (χ3n) is 5.89. The number of carbonyl (C=O) groups excluding carboxylic acids is 2. The van der Waals surface area contributed by atoms with Crippen LogP contribution in [0.3, 0.4) is 0 Å². The van der Waals surface area contributed by atoms with E-state index in [9.17, 15) is 18.4 Å². The quantitative estimate of drug-likeness (QED) is 0.424. The lowest BCUT2D eigenvalue weighted by Gasteiger charge is -2.30. The Kier molecular flexibility index (Phi) is 5.64. The molecule has 6 heteroatoms. The van der Waals surface area contributed by atoms with Crippen molar-refractivity contribution in [3.05, 3.63) is 125 Å². The van der Waals surface area contributed by atoms with E-state index in [1.807, 2.05) is 42.5 Å². The van der Waals surface area contributed by atoms with Crippen molar-refractivity contribution in [2.45, 2.75) is 6.04 Å². The van der Waals surface area contributed by atoms with Crippen LogP contribution in [0.2, 0.25) is 0 Å². The van der Waals surface area contributed by atoms with Gasteiger partial charge in [-0.3, -0.25) is 9.59 Å². The van der Waals surface area contributed by atoms with Crippen molar-refractivity contribution in [2.24, 2.45) is 0 Å². The van der Waals surface area contributed by atoms with Crippen LogP contribution in [0, 0.1) is 11.6 Å². The average molecular weight is 454 g/mol. The highest BCUT2D eigenvalue weighted by molar-refractivity contribution is 6.01. The van der Waals surface area contributed by atoms with Crippen molar-refractivity contribution in [3.63, 3.8) is 0 Å². The Hall–Kier alpha value is -4.32. The molecule has 1 aliphatic rings. The highest BCUT2D eigenvalue weighted by Crippen LogP contribution is 2.37. The molecule has 0 saturated carbocycles. The Morgan fingerprint density at radius 2 is 1.44 bits per heavy atom. The average Bonchev–Trinajstić information content (AvgIpc) is 3.00. The third kappa shape index (κ3) is 4.18. The number of amides is 2. The Labute approximate surface area is 195 Å². The zero-order valence-electron chi connectivity index (χ0n) is 18.0. The van der Waals surface area contributed by atoms with Gasteiger partial charge in [0.2, 0.25) is 5.91 Å². The van der Waals surface area contributed by atoms with Crippen molar-refractivity contribution >= 4 is 17.5 Å². The Balaban J connectivity index is 1.58. The minimum atomic E-state index is -0.786. The molecule has 1 heterocycles. The van der Waals surface area contributed by atoms with Crippen LogP contribution in [0.1, 0.15) is 27.5 Å². The van der Waals surface area contributed by atoms with E-state index in [0.29, 0.717) is 22.4 Å². The molecule has 34 heavy (non-hydrogen) atoms. The van der Waals surface area contributed by atoms with Crippen LogP contribution in [0.25, 0.3) is 11.1 Å². The molecule has 168 valence electrons. The summed E-state index contributed by atoms with van der Waals surface area (Å²) in [6.07, 6.45) is 0. The molecule has 1 N–H and O–H groups in total. The molecule has 0 saturated heterocycles. The lowest BCUT2D eigenvalue weighted by Crippen LogP contribution is -2.39. The molecule has 0 fully saturated rings. The van der Waals surface area contributed by atoms with Gasteiger partial charge in [0.15, 0.2) is 0 Å². The molecule has 1 atom stereocenters. The minimum absolute atomic E-state index is 0.238. The van der Waals surface area contributed by atoms with Crippen LogP contribution in [-0.2, 0) is 4.79 Å². The molecular formula is C28H20F2N2O2. The zero-order chi connectivity index (χ0) is 23.7. The van der Waals surface area contributed by atoms with Gasteiger partial charge in [-0.25, -0.2) is 8.78 Å². The van der Waals surface area contributed by atoms with Gasteiger partial charge < -0.3 is 10.2 Å². The number of hydrogen-bond acceptors (Lipinski definition) is 2. The molecule has 2 amide bonds. The minimum Gasteiger partial charge on any atom is -0.324 e. The van der Waals surface area contributed by atoms with Crippen LogP contribution >= 0.6 is 0 Å². The Morgan fingerprint density at radius 1 is 0.794 bits per heavy atom. The van der Waals surface area contributed by atoms with E-state index in [-0.39, 0.29) is 12.5 Å². The molecule has 1 aliphatic heterocycles. The Bertz CT molecular complexity index is 1350. The first-order valence-electron chi connectivity index (χ1n) is 10.8. The number of halogens is 2. The Morgan fingerprint density at radius 3 is 2.15 bits per heavy atom. The number of nitrogens with one attached hydrogen (secondary N) is 1. The first-order chi connectivity index (χ1) is 16.5. The molecule has 4 aromatic carbocycles. The lowest BCUT2D eigenvalue weighted by molar-refractivity contribution is -0.117. The van der Waals surface area contributed by atoms with Gasteiger partial charge in [-0.2, -0.15) is 0 Å². The molecule has 4 nitrogen and oxygen atoms in total. The first-order valence-corrected chi connectivity index (χ1v) is 10.8. The zero-order valence-corrected chi connectivity index (χ0v) is 18.0. The van der Waals surface area contributed by atoms with Gasteiger partial charge >= 0.3 is 0 Å². The molecule has 5 rings (SSSR count). The molecule has 4 aromatic rings. The van der Waals surface area contributed by atoms with Crippen LogP contribution < -0.4 is 5.32 Å². The van der Waals surface area contributed by atoms with E-state index in [1.54, 1.807) is 24.3 Å². The van der Waals surface area contributed by atoms with Gasteiger partial charge in [0.1, 0.15) is 18.2 Å². The largest absolute Gasteiger partial charge is 0.324 e. The van der Waals surface area contributed by atoms with Gasteiger partial charge in [-0.05, 0) is 59.2 Å². The fourth-order valence-electron chi connectivity index (χ4n) is 4.27. The van der Waals surface area contributed by atoms with Crippen LogP contribution in [0.5, 0.6) is 0 Å². The van der Waals surface area contributed by atoms with Gasteiger partial charge in [0.05, 0.1) is 6.04 Å². The van der Waals surface area contributed by atoms with E-state index in [1.165, 1.54) is 35.2 Å². The van der Waals surface area contributed by atoms with E-state index in [0.717, 1.165) is 11.1 Å². The fraction of sp³-hybridized carbons (Fsp3) is 0.0714. The maximum atomic E-state index is 14.3. The number of anilines is 1. The SMILES string of the molecule is O=C1CN(C(=O)c2ccc(-c3ccccc3)cc2)[C@H](c2ccc(F)cc2)c2cc(F)ccc2N1. The highest BCUT2D eigenvalue weighted by atomic mass is 19.1. The normalized spacial score (nSPS) is 15.3. The second-order valence-electron chi connectivity index (χ2n) is 8.11. The van der Waals surface area contributed by atoms with Gasteiger partial charge in [-0.1, -0.05) is 54.6 Å². The summed E-state index contributed by atoms with van der Waals surface area (Å²) in [7, 11) is 0. The van der Waals surface area contributed by atoms with E-state index in [4.69, 9.17) is 0 Å². The predicted molar refractivity (Wildman–Crippen MR) is 126 cm³/mol. The van der Waals surface area contributed by atoms with Crippen molar-refractivity contribution in [1.82, 2.24) is 4.90 Å². The number of fused-ring (bicyclic) bond motifs is 1. The molecule has 0 radical (unpaired) electrons. The maximum absolute atomic E-state index is 14.3. The summed E-state index contributed by atoms with van der Waals surface area (Å²) in [5.74, 6) is -1.71. The van der Waals surface area contributed by atoms with E-state index >= 15 is 0 Å². The second kappa shape index (κ2) is 8.90. The topological polar surface area (TPSA) is 49.4 Å². The molecule has 0 aromatic heterocycles. The fourth-order valence-corrected chi connectivity index (χ4v) is 4.27. The van der Waals surface area contributed by atoms with Crippen LogP contribution in [0.4, 0.5) is 14.5 Å². The summed E-state index contributed by atoms with van der Waals surface area (Å²) in [5, 5.41) is 2.75. The monoisotopic (exact) mass is 454 g/mol. The summed E-state index contributed by atoms with van der Waals surface area (Å²) < 4.78 is 27.9. The summed E-state index contributed by atoms with van der Waals surface area (Å²) in [6, 6.07) is 25.8. The number of hydrogen-bond donors (Lipinski definition) is 1. The maximum Gasteiger partial charge on any atom is 0.255 e. The summed E-state index contributed by atoms with van der Waals surface area (Å²) in [6.45, 7) is -0.238. The highest BCUT2D eigenvalue weighted by Gasteiger charge is 2.34. The second-order valence-corrected chi connectivity index (χ2v) is 8.11. The van der Waals surface area contributed by atoms with Gasteiger partial charge in [-0.15, -0.1) is 0 Å². The predicted octanol–water partition coefficient (Wildman–Crippen LogP) is 5.82. The molecule has 0 unspecified atom stereocenters. The first kappa shape index (κ1) is 21.5. The van der Waals surface area contributed by atoms with Crippen molar-refractivity contribution in [1.29, 1.82) is 0 Å². The molecule has 0 spiro atoms. The van der Waals surface area contributed by atoms with E-state index < -0.39 is 23.6 Å².